The molecule has 286 valence electrons. The van der Waals surface area contributed by atoms with Crippen molar-refractivity contribution in [3.8, 4) is 0 Å². The van der Waals surface area contributed by atoms with Crippen LogP contribution in [0.4, 0.5) is 0 Å². The van der Waals surface area contributed by atoms with Gasteiger partial charge in [-0.2, -0.15) is 0 Å². The first kappa shape index (κ1) is 46.9. The standard InChI is InChI=1S/C42H78N2O5/c1-7-9-11-13-17-23-30-38(3)48-41(46)33-25-19-15-21-27-36-44(40(45)32-29-35-43(5)6)37-28-22-16-20-26-34-42(47)49-39(4)31-24-18-14-12-10-8-2/h23-24,30-31,38-39H,7-22,25-29,32-37H2,1-6H3. The highest BCUT2D eigenvalue weighted by Gasteiger charge is 2.13. The van der Waals surface area contributed by atoms with E-state index in [4.69, 9.17) is 9.47 Å². The molecule has 7 nitrogen and oxygen atoms in total. The van der Waals surface area contributed by atoms with Gasteiger partial charge in [-0.15, -0.1) is 0 Å². The summed E-state index contributed by atoms with van der Waals surface area (Å²) in [6.07, 6.45) is 32.5. The summed E-state index contributed by atoms with van der Waals surface area (Å²) in [6.45, 7) is 10.8. The highest BCUT2D eigenvalue weighted by atomic mass is 16.5. The van der Waals surface area contributed by atoms with Gasteiger partial charge in [-0.3, -0.25) is 14.4 Å². The van der Waals surface area contributed by atoms with Crippen molar-refractivity contribution in [2.24, 2.45) is 0 Å². The third kappa shape index (κ3) is 32.8. The van der Waals surface area contributed by atoms with Gasteiger partial charge in [-0.25, -0.2) is 0 Å². The fourth-order valence-corrected chi connectivity index (χ4v) is 5.84. The average Bonchev–Trinajstić information content (AvgIpc) is 3.05. The van der Waals surface area contributed by atoms with Gasteiger partial charge in [0.25, 0.3) is 0 Å². The van der Waals surface area contributed by atoms with E-state index in [-0.39, 0.29) is 30.1 Å². The molecule has 0 aliphatic carbocycles. The van der Waals surface area contributed by atoms with E-state index >= 15 is 0 Å². The number of unbranched alkanes of at least 4 members (excludes halogenated alkanes) is 16. The Labute approximate surface area is 303 Å². The van der Waals surface area contributed by atoms with Gasteiger partial charge in [0.1, 0.15) is 12.2 Å². The normalized spacial score (nSPS) is 13.0. The summed E-state index contributed by atoms with van der Waals surface area (Å²) >= 11 is 0. The summed E-state index contributed by atoms with van der Waals surface area (Å²) in [4.78, 5) is 41.6. The molecule has 0 aromatic rings. The molecule has 0 N–H and O–H groups in total. The Bertz CT molecular complexity index is 800. The number of rotatable bonds is 34. The molecule has 0 aliphatic heterocycles. The van der Waals surface area contributed by atoms with Crippen LogP contribution in [0.3, 0.4) is 0 Å². The molecule has 0 saturated heterocycles. The predicted molar refractivity (Wildman–Crippen MR) is 207 cm³/mol. The van der Waals surface area contributed by atoms with E-state index < -0.39 is 0 Å². The average molecular weight is 691 g/mol. The Morgan fingerprint density at radius 1 is 0.510 bits per heavy atom. The van der Waals surface area contributed by atoms with Crippen LogP contribution in [0, 0.1) is 0 Å². The van der Waals surface area contributed by atoms with Gasteiger partial charge in [0, 0.05) is 32.4 Å². The monoisotopic (exact) mass is 691 g/mol. The Hall–Kier alpha value is -2.15. The Kier molecular flexibility index (Phi) is 32.8. The summed E-state index contributed by atoms with van der Waals surface area (Å²) in [7, 11) is 4.09. The molecule has 0 heterocycles. The molecule has 49 heavy (non-hydrogen) atoms. The molecule has 0 bridgehead atoms. The Morgan fingerprint density at radius 3 is 1.35 bits per heavy atom. The maximum absolute atomic E-state index is 13.0. The van der Waals surface area contributed by atoms with Crippen molar-refractivity contribution in [3.05, 3.63) is 24.3 Å². The predicted octanol–water partition coefficient (Wildman–Crippen LogP) is 10.8. The lowest BCUT2D eigenvalue weighted by molar-refractivity contribution is -0.147. The van der Waals surface area contributed by atoms with Gasteiger partial charge in [0.05, 0.1) is 0 Å². The van der Waals surface area contributed by atoms with Crippen LogP contribution in [-0.4, -0.2) is 73.6 Å². The fourth-order valence-electron chi connectivity index (χ4n) is 5.84. The van der Waals surface area contributed by atoms with Crippen molar-refractivity contribution in [1.29, 1.82) is 0 Å². The third-order valence-electron chi connectivity index (χ3n) is 8.86. The molecule has 0 aromatic carbocycles. The number of hydrogen-bond donors (Lipinski definition) is 0. The van der Waals surface area contributed by atoms with Crippen LogP contribution in [0.2, 0.25) is 0 Å². The zero-order valence-corrected chi connectivity index (χ0v) is 33.0. The van der Waals surface area contributed by atoms with E-state index in [2.05, 4.69) is 35.8 Å². The van der Waals surface area contributed by atoms with Crippen LogP contribution in [-0.2, 0) is 23.9 Å². The maximum atomic E-state index is 13.0. The third-order valence-corrected chi connectivity index (χ3v) is 8.86. The highest BCUT2D eigenvalue weighted by Crippen LogP contribution is 2.13. The van der Waals surface area contributed by atoms with Crippen LogP contribution in [0.5, 0.6) is 0 Å². The van der Waals surface area contributed by atoms with Crippen molar-refractivity contribution in [1.82, 2.24) is 9.80 Å². The lowest BCUT2D eigenvalue weighted by Gasteiger charge is -2.23. The molecule has 0 saturated carbocycles. The first-order valence-electron chi connectivity index (χ1n) is 20.3. The SMILES string of the molecule is CCCCCCC=CC(C)OC(=O)CCCCCCCN(CCCCCCCC(=O)OC(C)C=CCCCCCC)C(=O)CCCN(C)C. The number of esters is 2. The second-order valence-corrected chi connectivity index (χ2v) is 14.3. The van der Waals surface area contributed by atoms with E-state index in [1.54, 1.807) is 0 Å². The van der Waals surface area contributed by atoms with Gasteiger partial charge >= 0.3 is 11.9 Å². The molecule has 7 heteroatoms. The molecule has 0 aromatic heterocycles. The van der Waals surface area contributed by atoms with E-state index in [0.29, 0.717) is 19.3 Å². The largest absolute Gasteiger partial charge is 0.458 e. The zero-order chi connectivity index (χ0) is 36.4. The number of hydrogen-bond acceptors (Lipinski definition) is 6. The number of allylic oxidation sites excluding steroid dienone is 2. The molecular weight excluding hydrogens is 612 g/mol. The van der Waals surface area contributed by atoms with Crippen molar-refractivity contribution in [2.45, 2.75) is 194 Å². The smallest absolute Gasteiger partial charge is 0.306 e. The van der Waals surface area contributed by atoms with E-state index in [1.165, 1.54) is 51.4 Å². The van der Waals surface area contributed by atoms with E-state index in [9.17, 15) is 14.4 Å². The van der Waals surface area contributed by atoms with Gasteiger partial charge < -0.3 is 19.3 Å². The quantitative estimate of drug-likeness (QED) is 0.0380. The minimum Gasteiger partial charge on any atom is -0.458 e. The fraction of sp³-hybridized carbons (Fsp3) is 0.833. The number of carbonyl (C=O) groups excluding carboxylic acids is 3. The number of ether oxygens (including phenoxy) is 2. The molecular formula is C42H78N2O5. The molecule has 0 aliphatic rings. The minimum absolute atomic E-state index is 0.108. The molecule has 0 spiro atoms. The number of nitrogens with zero attached hydrogens (tertiary/aromatic N) is 2. The van der Waals surface area contributed by atoms with Gasteiger partial charge in [0.2, 0.25) is 5.91 Å². The highest BCUT2D eigenvalue weighted by molar-refractivity contribution is 5.76. The Balaban J connectivity index is 4.21. The maximum Gasteiger partial charge on any atom is 0.306 e. The summed E-state index contributed by atoms with van der Waals surface area (Å²) in [5.74, 6) is 0.0485. The summed E-state index contributed by atoms with van der Waals surface area (Å²) in [5.41, 5.74) is 0. The zero-order valence-electron chi connectivity index (χ0n) is 33.0. The summed E-state index contributed by atoms with van der Waals surface area (Å²) < 4.78 is 11.1. The molecule has 0 radical (unpaired) electrons. The topological polar surface area (TPSA) is 76.1 Å². The van der Waals surface area contributed by atoms with Crippen LogP contribution in [0.15, 0.2) is 24.3 Å². The Morgan fingerprint density at radius 2 is 0.918 bits per heavy atom. The number of carbonyl (C=O) groups is 3. The van der Waals surface area contributed by atoms with Gasteiger partial charge in [0.15, 0.2) is 0 Å². The van der Waals surface area contributed by atoms with Crippen LogP contribution < -0.4 is 0 Å². The lowest BCUT2D eigenvalue weighted by Crippen LogP contribution is -2.33. The first-order chi connectivity index (χ1) is 23.7. The van der Waals surface area contributed by atoms with Crippen LogP contribution in [0.1, 0.15) is 182 Å². The second-order valence-electron chi connectivity index (χ2n) is 14.3. The van der Waals surface area contributed by atoms with Crippen LogP contribution in [0.25, 0.3) is 0 Å². The second kappa shape index (κ2) is 34.3. The van der Waals surface area contributed by atoms with E-state index in [1.807, 2.05) is 40.1 Å². The van der Waals surface area contributed by atoms with Gasteiger partial charge in [-0.05, 0) is 104 Å². The van der Waals surface area contributed by atoms with Crippen molar-refractivity contribution in [3.63, 3.8) is 0 Å². The molecule has 0 rings (SSSR count). The molecule has 1 amide bonds. The lowest BCUT2D eigenvalue weighted by atomic mass is 10.1. The van der Waals surface area contributed by atoms with Gasteiger partial charge in [-0.1, -0.05) is 103 Å². The molecule has 2 unspecified atom stereocenters. The van der Waals surface area contributed by atoms with Crippen molar-refractivity contribution in [2.75, 3.05) is 33.7 Å². The first-order valence-corrected chi connectivity index (χ1v) is 20.3. The van der Waals surface area contributed by atoms with Crippen LogP contribution >= 0.6 is 0 Å². The summed E-state index contributed by atoms with van der Waals surface area (Å²) in [5, 5.41) is 0. The molecule has 0 fully saturated rings. The molecule has 2 atom stereocenters. The number of amides is 1. The van der Waals surface area contributed by atoms with Crippen molar-refractivity contribution < 1.29 is 23.9 Å². The van der Waals surface area contributed by atoms with Crippen molar-refractivity contribution >= 4 is 17.8 Å². The minimum atomic E-state index is -0.158. The van der Waals surface area contributed by atoms with E-state index in [0.717, 1.165) is 103 Å². The summed E-state index contributed by atoms with van der Waals surface area (Å²) in [6, 6.07) is 0.